The number of amides is 1. The van der Waals surface area contributed by atoms with Crippen LogP contribution in [0.5, 0.6) is 17.2 Å². The SMILES string of the molecule is CCOc1ccc(/C=N\NC(=O)COc2ccccc2-c2ccccc2)cc1OC. The second-order valence-corrected chi connectivity index (χ2v) is 6.29. The number of hydrogen-bond acceptors (Lipinski definition) is 5. The molecular weight excluding hydrogens is 380 g/mol. The predicted molar refractivity (Wildman–Crippen MR) is 117 cm³/mol. The van der Waals surface area contributed by atoms with Gasteiger partial charge < -0.3 is 14.2 Å². The molecule has 0 aromatic heterocycles. The van der Waals surface area contributed by atoms with Gasteiger partial charge in [0, 0.05) is 5.56 Å². The largest absolute Gasteiger partial charge is 0.493 e. The number of para-hydroxylation sites is 1. The van der Waals surface area contributed by atoms with Gasteiger partial charge in [-0.2, -0.15) is 5.10 Å². The first kappa shape index (κ1) is 20.9. The molecule has 0 radical (unpaired) electrons. The van der Waals surface area contributed by atoms with Crippen molar-refractivity contribution >= 4 is 12.1 Å². The van der Waals surface area contributed by atoms with E-state index in [1.54, 1.807) is 19.2 Å². The standard InChI is InChI=1S/C24H24N2O4/c1-3-29-22-14-13-18(15-23(22)28-2)16-25-26-24(27)17-30-21-12-8-7-11-20(21)19-9-5-4-6-10-19/h4-16H,3,17H2,1-2H3,(H,26,27)/b25-16-. The van der Waals surface area contributed by atoms with Crippen LogP contribution >= 0.6 is 0 Å². The lowest BCUT2D eigenvalue weighted by Crippen LogP contribution is -2.24. The maximum absolute atomic E-state index is 12.1. The van der Waals surface area contributed by atoms with Crippen molar-refractivity contribution in [1.82, 2.24) is 5.43 Å². The van der Waals surface area contributed by atoms with Gasteiger partial charge in [-0.15, -0.1) is 0 Å². The third kappa shape index (κ3) is 5.61. The quantitative estimate of drug-likeness (QED) is 0.427. The molecule has 3 aromatic rings. The first-order valence-electron chi connectivity index (χ1n) is 9.61. The number of rotatable bonds is 9. The molecule has 0 aliphatic heterocycles. The number of carbonyl (C=O) groups is 1. The number of nitrogens with one attached hydrogen (secondary N) is 1. The molecule has 0 saturated heterocycles. The number of nitrogens with zero attached hydrogens (tertiary/aromatic N) is 1. The molecule has 0 saturated carbocycles. The minimum absolute atomic E-state index is 0.145. The molecule has 0 aliphatic rings. The van der Waals surface area contributed by atoms with Gasteiger partial charge in [0.1, 0.15) is 5.75 Å². The predicted octanol–water partition coefficient (Wildman–Crippen LogP) is 4.29. The van der Waals surface area contributed by atoms with E-state index in [1.165, 1.54) is 6.21 Å². The van der Waals surface area contributed by atoms with Gasteiger partial charge in [0.15, 0.2) is 18.1 Å². The highest BCUT2D eigenvalue weighted by Crippen LogP contribution is 2.29. The van der Waals surface area contributed by atoms with Gasteiger partial charge in [0.05, 0.1) is 19.9 Å². The van der Waals surface area contributed by atoms with Crippen LogP contribution in [0, 0.1) is 0 Å². The minimum Gasteiger partial charge on any atom is -0.493 e. The summed E-state index contributed by atoms with van der Waals surface area (Å²) in [5.74, 6) is 1.55. The Morgan fingerprint density at radius 3 is 2.47 bits per heavy atom. The van der Waals surface area contributed by atoms with Crippen LogP contribution in [0.3, 0.4) is 0 Å². The van der Waals surface area contributed by atoms with E-state index in [-0.39, 0.29) is 12.5 Å². The summed E-state index contributed by atoms with van der Waals surface area (Å²) in [6.45, 7) is 2.31. The van der Waals surface area contributed by atoms with Crippen LogP contribution in [0.25, 0.3) is 11.1 Å². The number of hydrazone groups is 1. The lowest BCUT2D eigenvalue weighted by Gasteiger charge is -2.11. The van der Waals surface area contributed by atoms with Crippen molar-refractivity contribution in [2.24, 2.45) is 5.10 Å². The Labute approximate surface area is 176 Å². The number of ether oxygens (including phenoxy) is 3. The van der Waals surface area contributed by atoms with Crippen LogP contribution in [-0.4, -0.2) is 32.4 Å². The van der Waals surface area contributed by atoms with E-state index >= 15 is 0 Å². The Bertz CT molecular complexity index is 1000. The zero-order valence-electron chi connectivity index (χ0n) is 17.0. The lowest BCUT2D eigenvalue weighted by molar-refractivity contribution is -0.123. The van der Waals surface area contributed by atoms with Gasteiger partial charge in [-0.25, -0.2) is 5.43 Å². The molecule has 0 bridgehead atoms. The summed E-state index contributed by atoms with van der Waals surface area (Å²) in [6, 6.07) is 22.9. The second-order valence-electron chi connectivity index (χ2n) is 6.29. The molecule has 0 fully saturated rings. The summed E-state index contributed by atoms with van der Waals surface area (Å²) in [5, 5.41) is 3.98. The van der Waals surface area contributed by atoms with Crippen LogP contribution in [0.15, 0.2) is 77.9 Å². The van der Waals surface area contributed by atoms with Crippen LogP contribution in [0.4, 0.5) is 0 Å². The van der Waals surface area contributed by atoms with Crippen LogP contribution in [0.1, 0.15) is 12.5 Å². The third-order valence-corrected chi connectivity index (χ3v) is 4.22. The number of carbonyl (C=O) groups excluding carboxylic acids is 1. The molecule has 3 rings (SSSR count). The van der Waals surface area contributed by atoms with E-state index in [4.69, 9.17) is 14.2 Å². The van der Waals surface area contributed by atoms with Crippen molar-refractivity contribution in [3.05, 3.63) is 78.4 Å². The molecule has 0 aliphatic carbocycles. The Hall–Kier alpha value is -3.80. The molecule has 3 aromatic carbocycles. The molecule has 6 nitrogen and oxygen atoms in total. The summed E-state index contributed by atoms with van der Waals surface area (Å²) in [6.07, 6.45) is 1.54. The van der Waals surface area contributed by atoms with Gasteiger partial charge in [0.2, 0.25) is 0 Å². The van der Waals surface area contributed by atoms with Gasteiger partial charge in [-0.3, -0.25) is 4.79 Å². The van der Waals surface area contributed by atoms with Crippen molar-refractivity contribution in [2.75, 3.05) is 20.3 Å². The summed E-state index contributed by atoms with van der Waals surface area (Å²) in [5.41, 5.74) is 5.19. The van der Waals surface area contributed by atoms with Gasteiger partial charge in [-0.05, 0) is 42.3 Å². The van der Waals surface area contributed by atoms with E-state index in [2.05, 4.69) is 10.5 Å². The van der Waals surface area contributed by atoms with Gasteiger partial charge in [-0.1, -0.05) is 48.5 Å². The highest BCUT2D eigenvalue weighted by molar-refractivity contribution is 5.84. The summed E-state index contributed by atoms with van der Waals surface area (Å²) in [4.78, 5) is 12.1. The maximum Gasteiger partial charge on any atom is 0.277 e. The molecule has 1 N–H and O–H groups in total. The zero-order chi connectivity index (χ0) is 21.2. The van der Waals surface area contributed by atoms with E-state index in [1.807, 2.05) is 67.6 Å². The average Bonchev–Trinajstić information content (AvgIpc) is 2.79. The molecule has 30 heavy (non-hydrogen) atoms. The molecule has 1 amide bonds. The fourth-order valence-electron chi connectivity index (χ4n) is 2.84. The minimum atomic E-state index is -0.355. The summed E-state index contributed by atoms with van der Waals surface area (Å²) >= 11 is 0. The molecule has 154 valence electrons. The summed E-state index contributed by atoms with van der Waals surface area (Å²) < 4.78 is 16.5. The number of benzene rings is 3. The third-order valence-electron chi connectivity index (χ3n) is 4.22. The fraction of sp³-hybridized carbons (Fsp3) is 0.167. The first-order chi connectivity index (χ1) is 14.7. The molecule has 6 heteroatoms. The Balaban J connectivity index is 1.57. The van der Waals surface area contributed by atoms with E-state index in [0.29, 0.717) is 23.9 Å². The fourth-order valence-corrected chi connectivity index (χ4v) is 2.84. The monoisotopic (exact) mass is 404 g/mol. The number of hydrogen-bond donors (Lipinski definition) is 1. The van der Waals surface area contributed by atoms with Gasteiger partial charge >= 0.3 is 0 Å². The van der Waals surface area contributed by atoms with E-state index < -0.39 is 0 Å². The van der Waals surface area contributed by atoms with Crippen molar-refractivity contribution in [1.29, 1.82) is 0 Å². The molecule has 0 heterocycles. The second kappa shape index (κ2) is 10.7. The van der Waals surface area contributed by atoms with Crippen LogP contribution in [-0.2, 0) is 4.79 Å². The topological polar surface area (TPSA) is 69.2 Å². The Morgan fingerprint density at radius 1 is 0.933 bits per heavy atom. The Morgan fingerprint density at radius 2 is 1.70 bits per heavy atom. The summed E-state index contributed by atoms with van der Waals surface area (Å²) in [7, 11) is 1.57. The zero-order valence-corrected chi connectivity index (χ0v) is 17.0. The maximum atomic E-state index is 12.1. The molecular formula is C24H24N2O4. The number of methoxy groups -OCH3 is 1. The first-order valence-corrected chi connectivity index (χ1v) is 9.61. The normalized spacial score (nSPS) is 10.6. The van der Waals surface area contributed by atoms with Gasteiger partial charge in [0.25, 0.3) is 5.91 Å². The van der Waals surface area contributed by atoms with Crippen molar-refractivity contribution in [2.45, 2.75) is 6.92 Å². The molecule has 0 unspecified atom stereocenters. The highest BCUT2D eigenvalue weighted by atomic mass is 16.5. The van der Waals surface area contributed by atoms with Crippen molar-refractivity contribution < 1.29 is 19.0 Å². The van der Waals surface area contributed by atoms with Crippen molar-refractivity contribution in [3.63, 3.8) is 0 Å². The average molecular weight is 404 g/mol. The van der Waals surface area contributed by atoms with Crippen molar-refractivity contribution in [3.8, 4) is 28.4 Å². The van der Waals surface area contributed by atoms with E-state index in [9.17, 15) is 4.79 Å². The smallest absolute Gasteiger partial charge is 0.277 e. The van der Waals surface area contributed by atoms with Crippen LogP contribution < -0.4 is 19.6 Å². The molecule has 0 atom stereocenters. The Kier molecular flexibility index (Phi) is 7.44. The highest BCUT2D eigenvalue weighted by Gasteiger charge is 2.08. The molecule has 0 spiro atoms. The lowest BCUT2D eigenvalue weighted by atomic mass is 10.1. The van der Waals surface area contributed by atoms with E-state index in [0.717, 1.165) is 16.7 Å². The van der Waals surface area contributed by atoms with Crippen LogP contribution in [0.2, 0.25) is 0 Å².